The van der Waals surface area contributed by atoms with E-state index >= 15 is 0 Å². The van der Waals surface area contributed by atoms with Gasteiger partial charge in [-0.3, -0.25) is 9.69 Å². The van der Waals surface area contributed by atoms with E-state index in [4.69, 9.17) is 11.6 Å². The van der Waals surface area contributed by atoms with Gasteiger partial charge < -0.3 is 10.2 Å². The normalized spacial score (nSPS) is 23.0. The fourth-order valence-corrected chi connectivity index (χ4v) is 3.49. The van der Waals surface area contributed by atoms with Crippen molar-refractivity contribution in [3.63, 3.8) is 0 Å². The lowest BCUT2D eigenvalue weighted by Crippen LogP contribution is -2.49. The summed E-state index contributed by atoms with van der Waals surface area (Å²) in [6.07, 6.45) is 0.990. The topological polar surface area (TPSA) is 35.6 Å². The van der Waals surface area contributed by atoms with Gasteiger partial charge in [-0.25, -0.2) is 4.39 Å². The molecule has 0 spiro atoms. The van der Waals surface area contributed by atoms with Crippen LogP contribution in [0, 0.1) is 12.7 Å². The number of aryl methyl sites for hydroxylation is 1. The molecule has 6 heteroatoms. The van der Waals surface area contributed by atoms with Crippen molar-refractivity contribution < 1.29 is 9.18 Å². The van der Waals surface area contributed by atoms with E-state index in [-0.39, 0.29) is 16.7 Å². The number of carbonyl (C=O) groups excluding carboxylic acids is 1. The van der Waals surface area contributed by atoms with Crippen molar-refractivity contribution in [1.82, 2.24) is 15.1 Å². The van der Waals surface area contributed by atoms with E-state index in [2.05, 4.69) is 10.2 Å². The number of likely N-dealkylation sites (tertiary alicyclic amines) is 1. The Labute approximate surface area is 135 Å². The average molecular weight is 326 g/mol. The van der Waals surface area contributed by atoms with Gasteiger partial charge in [0, 0.05) is 45.3 Å². The molecule has 2 aliphatic rings. The lowest BCUT2D eigenvalue weighted by Gasteiger charge is -2.32. The number of halogens is 2. The van der Waals surface area contributed by atoms with Gasteiger partial charge in [0.25, 0.3) is 5.91 Å². The van der Waals surface area contributed by atoms with E-state index in [0.29, 0.717) is 17.2 Å². The Morgan fingerprint density at radius 3 is 2.77 bits per heavy atom. The quantitative estimate of drug-likeness (QED) is 0.902. The summed E-state index contributed by atoms with van der Waals surface area (Å²) >= 11 is 6.05. The Kier molecular flexibility index (Phi) is 4.66. The lowest BCUT2D eigenvalue weighted by molar-refractivity contribution is 0.0773. The number of hydrogen-bond acceptors (Lipinski definition) is 3. The Hall–Kier alpha value is -1.17. The third-order valence-electron chi connectivity index (χ3n) is 4.60. The van der Waals surface area contributed by atoms with Gasteiger partial charge in [0.05, 0.1) is 10.6 Å². The van der Waals surface area contributed by atoms with Gasteiger partial charge in [-0.05, 0) is 31.0 Å². The molecule has 1 amide bonds. The second-order valence-corrected chi connectivity index (χ2v) is 6.47. The lowest BCUT2D eigenvalue weighted by atomic mass is 10.1. The summed E-state index contributed by atoms with van der Waals surface area (Å²) in [4.78, 5) is 16.9. The van der Waals surface area contributed by atoms with Crippen LogP contribution in [0.3, 0.4) is 0 Å². The summed E-state index contributed by atoms with van der Waals surface area (Å²) in [6, 6.07) is 3.21. The molecule has 0 saturated carbocycles. The van der Waals surface area contributed by atoms with Crippen LogP contribution in [0.2, 0.25) is 5.02 Å². The Morgan fingerprint density at radius 2 is 2.05 bits per heavy atom. The molecule has 1 aromatic rings. The number of benzene rings is 1. The maximum absolute atomic E-state index is 13.5. The molecule has 2 aliphatic heterocycles. The summed E-state index contributed by atoms with van der Waals surface area (Å²) in [7, 11) is 0. The molecule has 1 atom stereocenters. The molecule has 0 aromatic heterocycles. The number of amides is 1. The van der Waals surface area contributed by atoms with Crippen LogP contribution in [-0.2, 0) is 0 Å². The first kappa shape index (κ1) is 15.7. The standard InChI is InChI=1S/C16H21ClFN3O/c1-11-8-13(14(17)9-15(11)18)16(22)21-5-2-12(10-21)20-6-3-19-4-7-20/h8-9,12,19H,2-7,10H2,1H3. The molecule has 1 N–H and O–H groups in total. The van der Waals surface area contributed by atoms with Crippen LogP contribution in [0.4, 0.5) is 4.39 Å². The fraction of sp³-hybridized carbons (Fsp3) is 0.562. The Bertz CT molecular complexity index is 575. The number of carbonyl (C=O) groups is 1. The third-order valence-corrected chi connectivity index (χ3v) is 4.91. The molecule has 1 aromatic carbocycles. The van der Waals surface area contributed by atoms with Crippen molar-refractivity contribution in [3.8, 4) is 0 Å². The van der Waals surface area contributed by atoms with Gasteiger partial charge in [0.1, 0.15) is 5.82 Å². The van der Waals surface area contributed by atoms with Crippen molar-refractivity contribution in [3.05, 3.63) is 34.1 Å². The molecular weight excluding hydrogens is 305 g/mol. The number of hydrogen-bond donors (Lipinski definition) is 1. The van der Waals surface area contributed by atoms with Crippen LogP contribution in [0.15, 0.2) is 12.1 Å². The first-order valence-electron chi connectivity index (χ1n) is 7.76. The molecule has 2 heterocycles. The minimum Gasteiger partial charge on any atom is -0.337 e. The SMILES string of the molecule is Cc1cc(C(=O)N2CCC(N3CCNCC3)C2)c(Cl)cc1F. The van der Waals surface area contributed by atoms with E-state index in [1.54, 1.807) is 13.0 Å². The van der Waals surface area contributed by atoms with Gasteiger partial charge in [-0.2, -0.15) is 0 Å². The van der Waals surface area contributed by atoms with Crippen LogP contribution < -0.4 is 5.32 Å². The molecule has 0 radical (unpaired) electrons. The molecule has 0 aliphatic carbocycles. The molecule has 0 bridgehead atoms. The second-order valence-electron chi connectivity index (χ2n) is 6.06. The van der Waals surface area contributed by atoms with Gasteiger partial charge in [-0.1, -0.05) is 11.6 Å². The zero-order valence-corrected chi connectivity index (χ0v) is 13.5. The predicted molar refractivity (Wildman–Crippen MR) is 84.9 cm³/mol. The molecule has 2 saturated heterocycles. The largest absolute Gasteiger partial charge is 0.337 e. The van der Waals surface area contributed by atoms with Crippen molar-refractivity contribution >= 4 is 17.5 Å². The van der Waals surface area contributed by atoms with Gasteiger partial charge >= 0.3 is 0 Å². The highest BCUT2D eigenvalue weighted by Gasteiger charge is 2.32. The Morgan fingerprint density at radius 1 is 1.32 bits per heavy atom. The number of nitrogens with zero attached hydrogens (tertiary/aromatic N) is 2. The monoisotopic (exact) mass is 325 g/mol. The van der Waals surface area contributed by atoms with Crippen LogP contribution >= 0.6 is 11.6 Å². The maximum Gasteiger partial charge on any atom is 0.255 e. The van der Waals surface area contributed by atoms with Crippen molar-refractivity contribution in [1.29, 1.82) is 0 Å². The molecule has 22 heavy (non-hydrogen) atoms. The molecule has 1 unspecified atom stereocenters. The number of piperazine rings is 1. The Balaban J connectivity index is 1.70. The molecular formula is C16H21ClFN3O. The minimum absolute atomic E-state index is 0.0919. The predicted octanol–water partition coefficient (Wildman–Crippen LogP) is 1.91. The van der Waals surface area contributed by atoms with Gasteiger partial charge in [-0.15, -0.1) is 0 Å². The summed E-state index contributed by atoms with van der Waals surface area (Å²) < 4.78 is 13.5. The molecule has 4 nitrogen and oxygen atoms in total. The highest BCUT2D eigenvalue weighted by atomic mass is 35.5. The summed E-state index contributed by atoms with van der Waals surface area (Å²) in [6.45, 7) is 7.19. The van der Waals surface area contributed by atoms with Crippen LogP contribution in [-0.4, -0.2) is 61.0 Å². The molecule has 2 fully saturated rings. The first-order valence-corrected chi connectivity index (χ1v) is 8.14. The number of nitrogens with one attached hydrogen (secondary N) is 1. The van der Waals surface area contributed by atoms with E-state index in [1.807, 2.05) is 4.90 Å². The average Bonchev–Trinajstić information content (AvgIpc) is 3.01. The summed E-state index contributed by atoms with van der Waals surface area (Å²) in [5.41, 5.74) is 0.854. The van der Waals surface area contributed by atoms with E-state index in [9.17, 15) is 9.18 Å². The third kappa shape index (κ3) is 3.12. The molecule has 3 rings (SSSR count). The van der Waals surface area contributed by atoms with Crippen molar-refractivity contribution in [2.45, 2.75) is 19.4 Å². The van der Waals surface area contributed by atoms with Gasteiger partial charge in [0.15, 0.2) is 0 Å². The van der Waals surface area contributed by atoms with Crippen LogP contribution in [0.1, 0.15) is 22.3 Å². The minimum atomic E-state index is -0.373. The van der Waals surface area contributed by atoms with E-state index in [0.717, 1.165) is 45.7 Å². The highest BCUT2D eigenvalue weighted by molar-refractivity contribution is 6.33. The van der Waals surface area contributed by atoms with Crippen LogP contribution in [0.5, 0.6) is 0 Å². The smallest absolute Gasteiger partial charge is 0.255 e. The summed E-state index contributed by atoms with van der Waals surface area (Å²) in [5.74, 6) is -0.465. The van der Waals surface area contributed by atoms with Crippen molar-refractivity contribution in [2.24, 2.45) is 0 Å². The van der Waals surface area contributed by atoms with Crippen molar-refractivity contribution in [2.75, 3.05) is 39.3 Å². The zero-order chi connectivity index (χ0) is 15.7. The van der Waals surface area contributed by atoms with Gasteiger partial charge in [0.2, 0.25) is 0 Å². The highest BCUT2D eigenvalue weighted by Crippen LogP contribution is 2.25. The second kappa shape index (κ2) is 6.52. The fourth-order valence-electron chi connectivity index (χ4n) is 3.26. The zero-order valence-electron chi connectivity index (χ0n) is 12.7. The van der Waals surface area contributed by atoms with E-state index in [1.165, 1.54) is 6.07 Å². The van der Waals surface area contributed by atoms with E-state index < -0.39 is 0 Å². The maximum atomic E-state index is 13.5. The molecule has 120 valence electrons. The summed E-state index contributed by atoms with van der Waals surface area (Å²) in [5, 5.41) is 3.54. The van der Waals surface area contributed by atoms with Crippen LogP contribution in [0.25, 0.3) is 0 Å². The number of rotatable bonds is 2. The first-order chi connectivity index (χ1) is 10.6.